The van der Waals surface area contributed by atoms with Crippen LogP contribution in [-0.4, -0.2) is 67.8 Å². The zero-order valence-electron chi connectivity index (χ0n) is 18.1. The van der Waals surface area contributed by atoms with Crippen molar-refractivity contribution < 1.29 is 23.7 Å². The first-order valence-electron chi connectivity index (χ1n) is 9.77. The van der Waals surface area contributed by atoms with E-state index in [0.29, 0.717) is 31.2 Å². The van der Waals surface area contributed by atoms with Gasteiger partial charge >= 0.3 is 6.16 Å². The molecule has 0 amide bonds. The van der Waals surface area contributed by atoms with Crippen molar-refractivity contribution in [3.05, 3.63) is 0 Å². The van der Waals surface area contributed by atoms with Crippen LogP contribution in [0.2, 0.25) is 0 Å². The van der Waals surface area contributed by atoms with E-state index in [1.165, 1.54) is 0 Å². The van der Waals surface area contributed by atoms with Crippen molar-refractivity contribution in [2.45, 2.75) is 59.1 Å². The molecule has 27 heavy (non-hydrogen) atoms. The Morgan fingerprint density at radius 1 is 0.741 bits per heavy atom. The van der Waals surface area contributed by atoms with Crippen LogP contribution in [0.4, 0.5) is 4.79 Å². The topological polar surface area (TPSA) is 54.0 Å². The van der Waals surface area contributed by atoms with E-state index >= 15 is 0 Å². The summed E-state index contributed by atoms with van der Waals surface area (Å²) >= 11 is 3.71. The molecule has 7 heteroatoms. The zero-order valence-corrected chi connectivity index (χ0v) is 19.8. The van der Waals surface area contributed by atoms with E-state index in [9.17, 15) is 4.79 Å². The van der Waals surface area contributed by atoms with Gasteiger partial charge in [0.15, 0.2) is 0 Å². The van der Waals surface area contributed by atoms with Gasteiger partial charge in [0.1, 0.15) is 0 Å². The van der Waals surface area contributed by atoms with Gasteiger partial charge in [-0.2, -0.15) is 23.5 Å². The number of thioether (sulfide) groups is 2. The summed E-state index contributed by atoms with van der Waals surface area (Å²) in [7, 11) is 0. The summed E-state index contributed by atoms with van der Waals surface area (Å²) in [5, 5.41) is 0. The third-order valence-corrected chi connectivity index (χ3v) is 5.50. The molecule has 0 saturated carbocycles. The molecular weight excluding hydrogens is 384 g/mol. The fourth-order valence-electron chi connectivity index (χ4n) is 1.75. The average Bonchev–Trinajstić information content (AvgIpc) is 2.53. The zero-order chi connectivity index (χ0) is 20.6. The van der Waals surface area contributed by atoms with E-state index in [0.717, 1.165) is 43.3 Å². The molecule has 0 unspecified atom stereocenters. The number of rotatable bonds is 15. The Balaban J connectivity index is 3.22. The summed E-state index contributed by atoms with van der Waals surface area (Å²) in [5.74, 6) is 2.90. The van der Waals surface area contributed by atoms with Crippen LogP contribution in [0, 0.1) is 5.41 Å². The molecule has 0 rings (SSSR count). The minimum absolute atomic E-state index is 0.163. The van der Waals surface area contributed by atoms with Crippen molar-refractivity contribution >= 4 is 29.7 Å². The highest BCUT2D eigenvalue weighted by Crippen LogP contribution is 2.22. The lowest BCUT2D eigenvalue weighted by molar-refractivity contribution is 0.0487. The second kappa shape index (κ2) is 15.8. The van der Waals surface area contributed by atoms with Gasteiger partial charge < -0.3 is 18.9 Å². The highest BCUT2D eigenvalue weighted by atomic mass is 32.2. The fraction of sp³-hybridized carbons (Fsp3) is 0.950. The Morgan fingerprint density at radius 2 is 1.33 bits per heavy atom. The molecule has 0 aliphatic carbocycles. The summed E-state index contributed by atoms with van der Waals surface area (Å²) in [6.07, 6.45) is 1.10. The van der Waals surface area contributed by atoms with Crippen LogP contribution in [-0.2, 0) is 18.9 Å². The van der Waals surface area contributed by atoms with E-state index < -0.39 is 6.16 Å². The third kappa shape index (κ3) is 23.9. The smallest absolute Gasteiger partial charge is 0.434 e. The maximum Gasteiger partial charge on any atom is 0.508 e. The summed E-state index contributed by atoms with van der Waals surface area (Å²) < 4.78 is 21.5. The van der Waals surface area contributed by atoms with E-state index in [4.69, 9.17) is 18.9 Å². The molecule has 0 spiro atoms. The molecule has 162 valence electrons. The van der Waals surface area contributed by atoms with Crippen molar-refractivity contribution in [3.63, 3.8) is 0 Å². The van der Waals surface area contributed by atoms with Gasteiger partial charge in [-0.25, -0.2) is 4.79 Å². The van der Waals surface area contributed by atoms with E-state index in [-0.39, 0.29) is 5.41 Å². The Hall–Kier alpha value is -0.110. The molecular formula is C20H40O5S2. The molecule has 0 aromatic rings. The highest BCUT2D eigenvalue weighted by Gasteiger charge is 2.12. The first-order chi connectivity index (χ1) is 12.6. The molecule has 0 N–H and O–H groups in total. The fourth-order valence-corrected chi connectivity index (χ4v) is 3.32. The van der Waals surface area contributed by atoms with Crippen LogP contribution in [0.1, 0.15) is 54.4 Å². The molecule has 0 bridgehead atoms. The van der Waals surface area contributed by atoms with Crippen LogP contribution in [0.15, 0.2) is 0 Å². The molecule has 0 heterocycles. The standard InChI is InChI=1S/C20H40O5S2/c1-19(2,3)8-10-25-18(21)24-9-7-15-26-16-13-22-11-12-23-14-17-27-20(4,5)6/h7-17H2,1-6H3. The third-order valence-electron chi connectivity index (χ3n) is 3.23. The normalized spacial score (nSPS) is 12.2. The molecule has 0 aliphatic heterocycles. The van der Waals surface area contributed by atoms with E-state index in [1.807, 2.05) is 11.8 Å². The van der Waals surface area contributed by atoms with Gasteiger partial charge in [-0.15, -0.1) is 0 Å². The first kappa shape index (κ1) is 26.9. The predicted octanol–water partition coefficient (Wildman–Crippen LogP) is 5.26. The predicted molar refractivity (Wildman–Crippen MR) is 117 cm³/mol. The van der Waals surface area contributed by atoms with Crippen molar-refractivity contribution in [2.75, 3.05) is 56.9 Å². The summed E-state index contributed by atoms with van der Waals surface area (Å²) in [5.41, 5.74) is 0.163. The molecule has 0 radical (unpaired) electrons. The number of carbonyl (C=O) groups excluding carboxylic acids is 1. The van der Waals surface area contributed by atoms with Crippen LogP contribution < -0.4 is 0 Å². The van der Waals surface area contributed by atoms with Gasteiger partial charge in [0.05, 0.1) is 39.6 Å². The lowest BCUT2D eigenvalue weighted by Crippen LogP contribution is -2.14. The van der Waals surface area contributed by atoms with E-state index in [2.05, 4.69) is 41.5 Å². The van der Waals surface area contributed by atoms with Crippen LogP contribution in [0.3, 0.4) is 0 Å². The van der Waals surface area contributed by atoms with Gasteiger partial charge in [0, 0.05) is 16.3 Å². The summed E-state index contributed by atoms with van der Waals surface area (Å²) in [4.78, 5) is 11.4. The monoisotopic (exact) mass is 424 g/mol. The number of hydrogen-bond acceptors (Lipinski definition) is 7. The number of hydrogen-bond donors (Lipinski definition) is 0. The minimum Gasteiger partial charge on any atom is -0.434 e. The second-order valence-electron chi connectivity index (χ2n) is 8.41. The van der Waals surface area contributed by atoms with Gasteiger partial charge in [-0.05, 0) is 24.0 Å². The first-order valence-corrected chi connectivity index (χ1v) is 11.9. The average molecular weight is 425 g/mol. The van der Waals surface area contributed by atoms with Crippen molar-refractivity contribution in [2.24, 2.45) is 5.41 Å². The minimum atomic E-state index is -0.562. The molecule has 0 saturated heterocycles. The molecule has 0 aromatic heterocycles. The van der Waals surface area contributed by atoms with Gasteiger partial charge in [-0.3, -0.25) is 0 Å². The van der Waals surface area contributed by atoms with Crippen molar-refractivity contribution in [1.82, 2.24) is 0 Å². The van der Waals surface area contributed by atoms with Crippen molar-refractivity contribution in [1.29, 1.82) is 0 Å². The highest BCUT2D eigenvalue weighted by molar-refractivity contribution is 8.00. The SMILES string of the molecule is CC(C)(C)CCOC(=O)OCCCSCCOCCOCCSC(C)(C)C. The Morgan fingerprint density at radius 3 is 1.93 bits per heavy atom. The molecule has 5 nitrogen and oxygen atoms in total. The summed E-state index contributed by atoms with van der Waals surface area (Å²) in [6, 6.07) is 0. The maximum atomic E-state index is 11.4. The van der Waals surface area contributed by atoms with Crippen LogP contribution in [0.25, 0.3) is 0 Å². The molecule has 0 aromatic carbocycles. The number of ether oxygens (including phenoxy) is 4. The van der Waals surface area contributed by atoms with Crippen LogP contribution >= 0.6 is 23.5 Å². The summed E-state index contributed by atoms with van der Waals surface area (Å²) in [6.45, 7) is 16.6. The maximum absolute atomic E-state index is 11.4. The largest absolute Gasteiger partial charge is 0.508 e. The number of carbonyl (C=O) groups is 1. The second-order valence-corrected chi connectivity index (χ2v) is 11.6. The lowest BCUT2D eigenvalue weighted by atomic mass is 9.93. The van der Waals surface area contributed by atoms with Gasteiger partial charge in [0.25, 0.3) is 0 Å². The van der Waals surface area contributed by atoms with Crippen LogP contribution in [0.5, 0.6) is 0 Å². The van der Waals surface area contributed by atoms with Gasteiger partial charge in [0.2, 0.25) is 0 Å². The Kier molecular flexibility index (Phi) is 15.7. The molecule has 0 fully saturated rings. The Bertz CT molecular complexity index is 364. The molecule has 0 atom stereocenters. The lowest BCUT2D eigenvalue weighted by Gasteiger charge is -2.17. The quantitative estimate of drug-likeness (QED) is 0.262. The van der Waals surface area contributed by atoms with Crippen molar-refractivity contribution in [3.8, 4) is 0 Å². The van der Waals surface area contributed by atoms with E-state index in [1.54, 1.807) is 11.8 Å². The van der Waals surface area contributed by atoms with Gasteiger partial charge in [-0.1, -0.05) is 41.5 Å². The Labute approximate surface area is 175 Å². The molecule has 0 aliphatic rings.